The quantitative estimate of drug-likeness (QED) is 0.714. The van der Waals surface area contributed by atoms with Crippen molar-refractivity contribution < 1.29 is 24.4 Å². The van der Waals surface area contributed by atoms with E-state index in [4.69, 9.17) is 14.2 Å². The van der Waals surface area contributed by atoms with Crippen LogP contribution in [0.3, 0.4) is 0 Å². The smallest absolute Gasteiger partial charge is 0.161 e. The summed E-state index contributed by atoms with van der Waals surface area (Å²) in [4.78, 5) is 1.11. The predicted molar refractivity (Wildman–Crippen MR) is 94.2 cm³/mol. The Morgan fingerprint density at radius 1 is 1.00 bits per heavy atom. The van der Waals surface area contributed by atoms with Crippen molar-refractivity contribution in [1.29, 1.82) is 0 Å². The zero-order chi connectivity index (χ0) is 17.5. The molecule has 2 unspecified atom stereocenters. The van der Waals surface area contributed by atoms with E-state index in [-0.39, 0.29) is 6.61 Å². The Morgan fingerprint density at radius 2 is 1.67 bits per heavy atom. The summed E-state index contributed by atoms with van der Waals surface area (Å²) in [6, 6.07) is 12.6. The lowest BCUT2D eigenvalue weighted by atomic mass is 10.0. The number of benzene rings is 2. The summed E-state index contributed by atoms with van der Waals surface area (Å²) in [5.74, 6) is 1.67. The number of thioether (sulfide) groups is 1. The lowest BCUT2D eigenvalue weighted by Crippen LogP contribution is -2.29. The minimum absolute atomic E-state index is 0.320. The highest BCUT2D eigenvalue weighted by Gasteiger charge is 2.23. The maximum absolute atomic E-state index is 10.5. The van der Waals surface area contributed by atoms with E-state index in [1.165, 1.54) is 7.11 Å². The van der Waals surface area contributed by atoms with Crippen molar-refractivity contribution in [2.45, 2.75) is 17.1 Å². The second-order valence-electron chi connectivity index (χ2n) is 5.07. The lowest BCUT2D eigenvalue weighted by molar-refractivity contribution is 0.000639. The van der Waals surface area contributed by atoms with E-state index < -0.39 is 12.2 Å². The third-order valence-electron chi connectivity index (χ3n) is 3.63. The van der Waals surface area contributed by atoms with Gasteiger partial charge in [-0.2, -0.15) is 0 Å². The van der Waals surface area contributed by atoms with Crippen molar-refractivity contribution in [2.75, 3.05) is 27.1 Å². The van der Waals surface area contributed by atoms with Gasteiger partial charge in [-0.25, -0.2) is 0 Å². The van der Waals surface area contributed by atoms with Crippen LogP contribution in [0.5, 0.6) is 17.2 Å². The third kappa shape index (κ3) is 4.35. The van der Waals surface area contributed by atoms with Gasteiger partial charge in [-0.3, -0.25) is 0 Å². The molecule has 0 heterocycles. The molecule has 2 aromatic carbocycles. The molecular formula is C18H22O5S. The van der Waals surface area contributed by atoms with Crippen LogP contribution >= 0.6 is 11.8 Å². The molecule has 2 aromatic rings. The van der Waals surface area contributed by atoms with Gasteiger partial charge in [0, 0.05) is 4.90 Å². The maximum Gasteiger partial charge on any atom is 0.161 e. The fraction of sp³-hybridized carbons (Fsp3) is 0.333. The van der Waals surface area contributed by atoms with Crippen LogP contribution in [0.2, 0.25) is 0 Å². The summed E-state index contributed by atoms with van der Waals surface area (Å²) in [5, 5.41) is 20.1. The molecule has 0 aliphatic carbocycles. The average Bonchev–Trinajstić information content (AvgIpc) is 2.65. The Balaban J connectivity index is 2.16. The maximum atomic E-state index is 10.5. The van der Waals surface area contributed by atoms with Gasteiger partial charge in [-0.15, -0.1) is 11.8 Å². The minimum atomic E-state index is -1.00. The van der Waals surface area contributed by atoms with Crippen LogP contribution < -0.4 is 14.2 Å². The van der Waals surface area contributed by atoms with Gasteiger partial charge in [0.05, 0.1) is 20.8 Å². The van der Waals surface area contributed by atoms with Crippen molar-refractivity contribution in [3.8, 4) is 17.2 Å². The second-order valence-corrected chi connectivity index (χ2v) is 5.95. The topological polar surface area (TPSA) is 68.2 Å². The fourth-order valence-corrected chi connectivity index (χ4v) is 2.69. The van der Waals surface area contributed by atoms with Crippen molar-refractivity contribution in [3.63, 3.8) is 0 Å². The van der Waals surface area contributed by atoms with E-state index in [1.807, 2.05) is 30.5 Å². The number of aliphatic hydroxyl groups excluding tert-OH is 2. The molecule has 6 heteroatoms. The Labute approximate surface area is 146 Å². The summed E-state index contributed by atoms with van der Waals surface area (Å²) < 4.78 is 16.2. The Hall–Kier alpha value is -1.89. The summed E-state index contributed by atoms with van der Waals surface area (Å²) in [5.41, 5.74) is 0.576. The van der Waals surface area contributed by atoms with Crippen molar-refractivity contribution in [3.05, 3.63) is 48.0 Å². The molecule has 0 aliphatic heterocycles. The molecule has 0 aliphatic rings. The lowest BCUT2D eigenvalue weighted by Gasteiger charge is -2.23. The number of aliphatic hydroxyl groups is 2. The van der Waals surface area contributed by atoms with Gasteiger partial charge in [0.1, 0.15) is 11.9 Å². The van der Waals surface area contributed by atoms with E-state index in [0.29, 0.717) is 22.8 Å². The normalized spacial score (nSPS) is 13.2. The molecular weight excluding hydrogens is 328 g/mol. The number of hydrogen-bond donors (Lipinski definition) is 2. The summed E-state index contributed by atoms with van der Waals surface area (Å²) in [7, 11) is 3.08. The van der Waals surface area contributed by atoms with Crippen molar-refractivity contribution >= 4 is 11.8 Å². The molecule has 2 N–H and O–H groups in total. The Bertz CT molecular complexity index is 644. The molecule has 24 heavy (non-hydrogen) atoms. The van der Waals surface area contributed by atoms with Crippen LogP contribution in [-0.4, -0.2) is 43.4 Å². The first-order valence-corrected chi connectivity index (χ1v) is 8.67. The molecule has 5 nitrogen and oxygen atoms in total. The second kappa shape index (κ2) is 8.82. The van der Waals surface area contributed by atoms with Gasteiger partial charge in [-0.05, 0) is 48.2 Å². The molecule has 0 saturated heterocycles. The molecule has 130 valence electrons. The first-order valence-electron chi connectivity index (χ1n) is 7.44. The summed E-state index contributed by atoms with van der Waals surface area (Å²) >= 11 is 1.63. The van der Waals surface area contributed by atoms with Crippen LogP contribution in [0.15, 0.2) is 47.4 Å². The minimum Gasteiger partial charge on any atom is -0.493 e. The molecule has 0 aromatic heterocycles. The van der Waals surface area contributed by atoms with Gasteiger partial charge < -0.3 is 24.4 Å². The number of rotatable bonds is 8. The third-order valence-corrected chi connectivity index (χ3v) is 4.37. The molecule has 0 saturated carbocycles. The number of ether oxygens (including phenoxy) is 3. The Morgan fingerprint density at radius 3 is 2.21 bits per heavy atom. The van der Waals surface area contributed by atoms with Crippen molar-refractivity contribution in [2.24, 2.45) is 0 Å². The van der Waals surface area contributed by atoms with Crippen LogP contribution in [-0.2, 0) is 0 Å². The monoisotopic (exact) mass is 350 g/mol. The van der Waals surface area contributed by atoms with E-state index in [9.17, 15) is 10.2 Å². The van der Waals surface area contributed by atoms with Gasteiger partial charge in [0.15, 0.2) is 17.6 Å². The standard InChI is InChI=1S/C18H22O5S/c1-21-15-9-4-12(10-16(15)22-2)18(20)17(11-19)23-13-5-7-14(24-3)8-6-13/h4-10,17-20H,11H2,1-3H3. The molecule has 0 spiro atoms. The van der Waals surface area contributed by atoms with E-state index in [0.717, 1.165) is 4.90 Å². The molecule has 2 rings (SSSR count). The predicted octanol–water partition coefficient (Wildman–Crippen LogP) is 2.90. The molecule has 2 atom stereocenters. The highest BCUT2D eigenvalue weighted by atomic mass is 32.2. The molecule has 0 bridgehead atoms. The van der Waals surface area contributed by atoms with E-state index >= 15 is 0 Å². The van der Waals surface area contributed by atoms with Gasteiger partial charge in [-0.1, -0.05) is 6.07 Å². The fourth-order valence-electron chi connectivity index (χ4n) is 2.28. The number of methoxy groups -OCH3 is 2. The first-order chi connectivity index (χ1) is 11.6. The zero-order valence-corrected chi connectivity index (χ0v) is 14.7. The summed E-state index contributed by atoms with van der Waals surface area (Å²) in [6.07, 6.45) is 0.200. The molecule has 0 fully saturated rings. The van der Waals surface area contributed by atoms with Crippen LogP contribution in [0.1, 0.15) is 11.7 Å². The van der Waals surface area contributed by atoms with Gasteiger partial charge in [0.25, 0.3) is 0 Å². The van der Waals surface area contributed by atoms with Crippen molar-refractivity contribution in [1.82, 2.24) is 0 Å². The average molecular weight is 350 g/mol. The van der Waals surface area contributed by atoms with E-state index in [1.54, 1.807) is 37.1 Å². The Kier molecular flexibility index (Phi) is 6.78. The van der Waals surface area contributed by atoms with Gasteiger partial charge >= 0.3 is 0 Å². The molecule has 0 radical (unpaired) electrons. The largest absolute Gasteiger partial charge is 0.493 e. The van der Waals surface area contributed by atoms with Crippen LogP contribution in [0.4, 0.5) is 0 Å². The SMILES string of the molecule is COc1ccc(C(O)C(CO)Oc2ccc(SC)cc2)cc1OC. The zero-order valence-electron chi connectivity index (χ0n) is 13.9. The molecule has 0 amide bonds. The highest BCUT2D eigenvalue weighted by molar-refractivity contribution is 7.98. The van der Waals surface area contributed by atoms with E-state index in [2.05, 4.69) is 0 Å². The van der Waals surface area contributed by atoms with Crippen LogP contribution in [0, 0.1) is 0 Å². The first kappa shape index (κ1) is 18.4. The highest BCUT2D eigenvalue weighted by Crippen LogP contribution is 2.32. The van der Waals surface area contributed by atoms with Crippen LogP contribution in [0.25, 0.3) is 0 Å². The number of hydrogen-bond acceptors (Lipinski definition) is 6. The van der Waals surface area contributed by atoms with Gasteiger partial charge in [0.2, 0.25) is 0 Å². The summed E-state index contributed by atoms with van der Waals surface area (Å²) in [6.45, 7) is -0.320.